The molecule has 0 radical (unpaired) electrons. The van der Waals surface area contributed by atoms with Crippen LogP contribution in [0.1, 0.15) is 51.3 Å². The van der Waals surface area contributed by atoms with E-state index in [0.717, 1.165) is 16.9 Å². The summed E-state index contributed by atoms with van der Waals surface area (Å²) < 4.78 is 5.91. The number of amides is 2. The zero-order chi connectivity index (χ0) is 20.0. The van der Waals surface area contributed by atoms with Gasteiger partial charge in [-0.05, 0) is 43.4 Å². The number of benzene rings is 2. The second-order valence-electron chi connectivity index (χ2n) is 8.23. The molecule has 1 N–H and O–H groups in total. The number of carbonyl (C=O) groups is 1. The van der Waals surface area contributed by atoms with Crippen molar-refractivity contribution < 1.29 is 9.53 Å². The number of hydrogen-bond donors (Lipinski definition) is 1. The van der Waals surface area contributed by atoms with Crippen LogP contribution >= 0.6 is 0 Å². The van der Waals surface area contributed by atoms with Crippen LogP contribution < -0.4 is 10.1 Å². The van der Waals surface area contributed by atoms with Gasteiger partial charge >= 0.3 is 6.03 Å². The van der Waals surface area contributed by atoms with Crippen molar-refractivity contribution in [2.75, 3.05) is 6.73 Å². The van der Waals surface area contributed by atoms with E-state index in [1.165, 1.54) is 5.56 Å². The number of nitrogens with zero attached hydrogens (tertiary/aromatic N) is 1. The van der Waals surface area contributed by atoms with Crippen LogP contribution in [0.4, 0.5) is 4.79 Å². The second kappa shape index (κ2) is 8.94. The quantitative estimate of drug-likeness (QED) is 0.708. The molecule has 0 saturated carbocycles. The van der Waals surface area contributed by atoms with Crippen molar-refractivity contribution in [3.05, 3.63) is 65.2 Å². The predicted octanol–water partition coefficient (Wildman–Crippen LogP) is 5.25. The van der Waals surface area contributed by atoms with Crippen LogP contribution in [0.5, 0.6) is 5.75 Å². The van der Waals surface area contributed by atoms with E-state index in [2.05, 4.69) is 39.1 Å². The zero-order valence-corrected chi connectivity index (χ0v) is 17.4. The van der Waals surface area contributed by atoms with E-state index in [1.54, 1.807) is 4.90 Å². The Bertz CT molecular complexity index is 749. The molecule has 0 atom stereocenters. The average molecular weight is 369 g/mol. The fraction of sp³-hybridized carbons (Fsp3) is 0.435. The molecule has 0 saturated heterocycles. The maximum atomic E-state index is 12.7. The number of carbonyl (C=O) groups excluding carboxylic acids is 1. The van der Waals surface area contributed by atoms with Gasteiger partial charge < -0.3 is 15.0 Å². The molecule has 2 aromatic carbocycles. The summed E-state index contributed by atoms with van der Waals surface area (Å²) >= 11 is 0. The molecule has 0 spiro atoms. The molecule has 0 unspecified atom stereocenters. The summed E-state index contributed by atoms with van der Waals surface area (Å²) in [6, 6.07) is 16.1. The van der Waals surface area contributed by atoms with Crippen LogP contribution in [0, 0.1) is 6.92 Å². The summed E-state index contributed by atoms with van der Waals surface area (Å²) in [5.41, 5.74) is 3.42. The Labute approximate surface area is 163 Å². The van der Waals surface area contributed by atoms with Crippen molar-refractivity contribution in [1.82, 2.24) is 10.2 Å². The lowest BCUT2D eigenvalue weighted by molar-refractivity contribution is 0.167. The monoisotopic (exact) mass is 368 g/mol. The van der Waals surface area contributed by atoms with Gasteiger partial charge in [-0.15, -0.1) is 0 Å². The van der Waals surface area contributed by atoms with Gasteiger partial charge in [0.15, 0.2) is 6.73 Å². The minimum absolute atomic E-state index is 0.0252. The first-order valence-electron chi connectivity index (χ1n) is 9.51. The van der Waals surface area contributed by atoms with Crippen molar-refractivity contribution in [1.29, 1.82) is 0 Å². The highest BCUT2D eigenvalue weighted by Gasteiger charge is 2.20. The molecule has 0 fully saturated rings. The third-order valence-corrected chi connectivity index (χ3v) is 4.47. The van der Waals surface area contributed by atoms with Crippen molar-refractivity contribution in [2.24, 2.45) is 0 Å². The van der Waals surface area contributed by atoms with Gasteiger partial charge in [0.25, 0.3) is 0 Å². The van der Waals surface area contributed by atoms with E-state index in [-0.39, 0.29) is 24.2 Å². The van der Waals surface area contributed by atoms with Crippen LogP contribution in [-0.4, -0.2) is 23.7 Å². The largest absolute Gasteiger partial charge is 0.473 e. The van der Waals surface area contributed by atoms with Gasteiger partial charge in [-0.25, -0.2) is 4.79 Å². The topological polar surface area (TPSA) is 41.6 Å². The van der Waals surface area contributed by atoms with E-state index >= 15 is 0 Å². The van der Waals surface area contributed by atoms with Gasteiger partial charge in [0.05, 0.1) is 0 Å². The number of hydrogen-bond acceptors (Lipinski definition) is 2. The van der Waals surface area contributed by atoms with Crippen molar-refractivity contribution >= 4 is 6.03 Å². The molecule has 0 aliphatic rings. The molecule has 4 nitrogen and oxygen atoms in total. The maximum absolute atomic E-state index is 12.7. The second-order valence-corrected chi connectivity index (χ2v) is 8.23. The van der Waals surface area contributed by atoms with Crippen LogP contribution in [0.2, 0.25) is 0 Å². The van der Waals surface area contributed by atoms with E-state index in [4.69, 9.17) is 4.74 Å². The van der Waals surface area contributed by atoms with Gasteiger partial charge in [-0.1, -0.05) is 68.8 Å². The van der Waals surface area contributed by atoms with Crippen LogP contribution in [0.3, 0.4) is 0 Å². The Morgan fingerprint density at radius 2 is 1.78 bits per heavy atom. The standard InChI is InChI=1S/C23H32N2O2/c1-17(2)25(15-19-10-8-7-9-11-19)22(26)24-16-27-21-13-12-18(3)14-20(21)23(4,5)6/h7-14,17H,15-16H2,1-6H3,(H,24,26). The van der Waals surface area contributed by atoms with Gasteiger partial charge in [0, 0.05) is 12.6 Å². The minimum atomic E-state index is -0.127. The third-order valence-electron chi connectivity index (χ3n) is 4.47. The Kier molecular flexibility index (Phi) is 6.89. The molecule has 0 bridgehead atoms. The highest BCUT2D eigenvalue weighted by molar-refractivity contribution is 5.74. The Balaban J connectivity index is 2.00. The van der Waals surface area contributed by atoms with Crippen molar-refractivity contribution in [2.45, 2.75) is 59.5 Å². The van der Waals surface area contributed by atoms with Crippen LogP contribution in [-0.2, 0) is 12.0 Å². The molecule has 0 aromatic heterocycles. The predicted molar refractivity (Wildman–Crippen MR) is 111 cm³/mol. The van der Waals surface area contributed by atoms with Gasteiger partial charge in [-0.3, -0.25) is 0 Å². The zero-order valence-electron chi connectivity index (χ0n) is 17.4. The molecule has 4 heteroatoms. The Morgan fingerprint density at radius 1 is 1.11 bits per heavy atom. The summed E-state index contributed by atoms with van der Waals surface area (Å²) in [7, 11) is 0. The molecule has 0 heterocycles. The number of ether oxygens (including phenoxy) is 1. The van der Waals surface area contributed by atoms with Crippen LogP contribution in [0.15, 0.2) is 48.5 Å². The van der Waals surface area contributed by atoms with E-state index in [9.17, 15) is 4.79 Å². The lowest BCUT2D eigenvalue weighted by atomic mass is 9.85. The fourth-order valence-electron chi connectivity index (χ4n) is 2.90. The average Bonchev–Trinajstić information content (AvgIpc) is 2.60. The lowest BCUT2D eigenvalue weighted by Gasteiger charge is -2.28. The highest BCUT2D eigenvalue weighted by atomic mass is 16.5. The van der Waals surface area contributed by atoms with E-state index in [1.807, 2.05) is 56.3 Å². The number of aryl methyl sites for hydroxylation is 1. The van der Waals surface area contributed by atoms with Gasteiger partial charge in [-0.2, -0.15) is 0 Å². The number of urea groups is 1. The summed E-state index contributed by atoms with van der Waals surface area (Å²) in [6.07, 6.45) is 0. The van der Waals surface area contributed by atoms with Crippen molar-refractivity contribution in [3.63, 3.8) is 0 Å². The molecule has 2 aromatic rings. The van der Waals surface area contributed by atoms with E-state index in [0.29, 0.717) is 6.54 Å². The summed E-state index contributed by atoms with van der Waals surface area (Å²) in [4.78, 5) is 14.5. The van der Waals surface area contributed by atoms with Gasteiger partial charge in [0.2, 0.25) is 0 Å². The molecule has 0 aliphatic heterocycles. The summed E-state index contributed by atoms with van der Waals surface area (Å²) in [6.45, 7) is 13.3. The first-order chi connectivity index (χ1) is 12.7. The SMILES string of the molecule is Cc1ccc(OCNC(=O)N(Cc2ccccc2)C(C)C)c(C(C)(C)C)c1. The first kappa shape index (κ1) is 20.8. The molecule has 2 amide bonds. The number of rotatable bonds is 6. The lowest BCUT2D eigenvalue weighted by Crippen LogP contribution is -2.44. The summed E-state index contributed by atoms with van der Waals surface area (Å²) in [5.74, 6) is 0.813. The number of nitrogens with one attached hydrogen (secondary N) is 1. The Hall–Kier alpha value is -2.49. The Morgan fingerprint density at radius 3 is 2.37 bits per heavy atom. The first-order valence-corrected chi connectivity index (χ1v) is 9.51. The molecule has 0 aliphatic carbocycles. The fourth-order valence-corrected chi connectivity index (χ4v) is 2.90. The summed E-state index contributed by atoms with van der Waals surface area (Å²) in [5, 5.41) is 2.89. The highest BCUT2D eigenvalue weighted by Crippen LogP contribution is 2.32. The maximum Gasteiger partial charge on any atom is 0.320 e. The smallest absolute Gasteiger partial charge is 0.320 e. The molecule has 27 heavy (non-hydrogen) atoms. The van der Waals surface area contributed by atoms with Crippen molar-refractivity contribution in [3.8, 4) is 5.75 Å². The normalized spacial score (nSPS) is 11.4. The van der Waals surface area contributed by atoms with Gasteiger partial charge in [0.1, 0.15) is 5.75 Å². The molecule has 2 rings (SSSR count). The minimum Gasteiger partial charge on any atom is -0.473 e. The van der Waals surface area contributed by atoms with E-state index < -0.39 is 0 Å². The third kappa shape index (κ3) is 6.02. The molecule has 146 valence electrons. The molecular formula is C23H32N2O2. The molecular weight excluding hydrogens is 336 g/mol. The van der Waals surface area contributed by atoms with Crippen LogP contribution in [0.25, 0.3) is 0 Å².